The fraction of sp³-hybridized carbons (Fsp3) is 0.273. The molecule has 0 heterocycles. The number of halogens is 1. The van der Waals surface area contributed by atoms with Gasteiger partial charge in [0.1, 0.15) is 5.75 Å². The second kappa shape index (κ2) is 6.24. The highest BCUT2D eigenvalue weighted by Crippen LogP contribution is 2.24. The summed E-state index contributed by atoms with van der Waals surface area (Å²) < 4.78 is 0. The van der Waals surface area contributed by atoms with E-state index in [2.05, 4.69) is 26.6 Å². The van der Waals surface area contributed by atoms with Crippen LogP contribution in [-0.2, 0) is 0 Å². The predicted octanol–water partition coefficient (Wildman–Crippen LogP) is 2.11. The number of Topliss-reactive ketones (excluding diaryl/α,β-unsaturated/α-hetero) is 1. The Balaban J connectivity index is 2.90. The van der Waals surface area contributed by atoms with Crippen LogP contribution < -0.4 is 10.6 Å². The molecular formula is C11H13BrN2O3. The number of nitrogens with one attached hydrogen (secondary N) is 2. The van der Waals surface area contributed by atoms with Crippen molar-refractivity contribution in [1.29, 1.82) is 0 Å². The number of ketones is 1. The second-order valence-corrected chi connectivity index (χ2v) is 3.83. The maximum absolute atomic E-state index is 11.4. The van der Waals surface area contributed by atoms with Gasteiger partial charge in [-0.05, 0) is 25.1 Å². The minimum atomic E-state index is -0.425. The van der Waals surface area contributed by atoms with Gasteiger partial charge in [-0.2, -0.15) is 0 Å². The zero-order valence-electron chi connectivity index (χ0n) is 9.29. The Morgan fingerprint density at radius 3 is 2.71 bits per heavy atom. The summed E-state index contributed by atoms with van der Waals surface area (Å²) in [5.74, 6) is -0.202. The number of aromatic hydroxyl groups is 1. The number of alkyl halides is 1. The summed E-state index contributed by atoms with van der Waals surface area (Å²) in [5, 5.41) is 14.7. The first kappa shape index (κ1) is 13.5. The summed E-state index contributed by atoms with van der Waals surface area (Å²) in [5.41, 5.74) is 0.634. The minimum Gasteiger partial charge on any atom is -0.506 e. The number of carbonyl (C=O) groups is 2. The van der Waals surface area contributed by atoms with Crippen molar-refractivity contribution in [1.82, 2.24) is 5.32 Å². The molecule has 1 rings (SSSR count). The molecule has 1 aromatic rings. The van der Waals surface area contributed by atoms with E-state index in [1.807, 2.05) is 0 Å². The molecule has 0 aromatic heterocycles. The first-order chi connectivity index (χ1) is 8.08. The number of amides is 2. The van der Waals surface area contributed by atoms with Gasteiger partial charge < -0.3 is 15.7 Å². The van der Waals surface area contributed by atoms with Crippen molar-refractivity contribution in [2.24, 2.45) is 0 Å². The van der Waals surface area contributed by atoms with Crippen LogP contribution in [0.4, 0.5) is 10.5 Å². The number of anilines is 1. The molecule has 0 unspecified atom stereocenters. The van der Waals surface area contributed by atoms with Crippen molar-refractivity contribution in [2.75, 3.05) is 17.2 Å². The van der Waals surface area contributed by atoms with E-state index in [1.54, 1.807) is 6.92 Å². The summed E-state index contributed by atoms with van der Waals surface area (Å²) in [6, 6.07) is 3.89. The quantitative estimate of drug-likeness (QED) is 0.453. The van der Waals surface area contributed by atoms with Crippen LogP contribution in [0.25, 0.3) is 0 Å². The van der Waals surface area contributed by atoms with Gasteiger partial charge in [-0.3, -0.25) is 4.79 Å². The molecule has 1 aromatic carbocycles. The van der Waals surface area contributed by atoms with E-state index in [0.29, 0.717) is 12.1 Å². The molecule has 92 valence electrons. The molecule has 3 N–H and O–H groups in total. The maximum Gasteiger partial charge on any atom is 0.319 e. The van der Waals surface area contributed by atoms with Crippen LogP contribution in [0, 0.1) is 0 Å². The van der Waals surface area contributed by atoms with Gasteiger partial charge in [0, 0.05) is 12.1 Å². The van der Waals surface area contributed by atoms with Crippen LogP contribution in [0.5, 0.6) is 5.75 Å². The molecule has 2 amide bonds. The summed E-state index contributed by atoms with van der Waals surface area (Å²) in [4.78, 5) is 22.7. The molecular weight excluding hydrogens is 288 g/mol. The van der Waals surface area contributed by atoms with Gasteiger partial charge in [0.2, 0.25) is 0 Å². The second-order valence-electron chi connectivity index (χ2n) is 3.27. The molecule has 0 fully saturated rings. The number of benzene rings is 1. The molecule has 0 radical (unpaired) electrons. The van der Waals surface area contributed by atoms with E-state index < -0.39 is 6.03 Å². The summed E-state index contributed by atoms with van der Waals surface area (Å²) >= 11 is 3.06. The Bertz CT molecular complexity index is 435. The summed E-state index contributed by atoms with van der Waals surface area (Å²) in [6.07, 6.45) is 0. The molecule has 6 heteroatoms. The highest BCUT2D eigenvalue weighted by Gasteiger charge is 2.10. The number of rotatable bonds is 4. The molecule has 0 saturated heterocycles. The first-order valence-corrected chi connectivity index (χ1v) is 6.17. The van der Waals surface area contributed by atoms with E-state index in [4.69, 9.17) is 0 Å². The number of hydrogen-bond donors (Lipinski definition) is 3. The van der Waals surface area contributed by atoms with E-state index >= 15 is 0 Å². The lowest BCUT2D eigenvalue weighted by Gasteiger charge is -2.09. The molecule has 0 aliphatic heterocycles. The highest BCUT2D eigenvalue weighted by atomic mass is 79.9. The molecule has 0 atom stereocenters. The van der Waals surface area contributed by atoms with Gasteiger partial charge >= 0.3 is 6.03 Å². The smallest absolute Gasteiger partial charge is 0.319 e. The number of carbonyl (C=O) groups excluding carboxylic acids is 2. The standard InChI is InChI=1S/C11H13BrN2O3/c1-2-13-11(17)14-8-5-7(10(16)6-12)3-4-9(8)15/h3-5,15H,2,6H2,1H3,(H2,13,14,17). The van der Waals surface area contributed by atoms with E-state index in [0.717, 1.165) is 0 Å². The summed E-state index contributed by atoms with van der Waals surface area (Å²) in [6.45, 7) is 2.26. The molecule has 0 spiro atoms. The molecule has 5 nitrogen and oxygen atoms in total. The van der Waals surface area contributed by atoms with Crippen LogP contribution in [0.3, 0.4) is 0 Å². The largest absolute Gasteiger partial charge is 0.506 e. The maximum atomic E-state index is 11.4. The Morgan fingerprint density at radius 1 is 1.41 bits per heavy atom. The number of hydrogen-bond acceptors (Lipinski definition) is 3. The molecule has 0 aliphatic rings. The summed E-state index contributed by atoms with van der Waals surface area (Å²) in [7, 11) is 0. The van der Waals surface area contributed by atoms with Crippen molar-refractivity contribution in [3.05, 3.63) is 23.8 Å². The van der Waals surface area contributed by atoms with Gasteiger partial charge in [0.15, 0.2) is 5.78 Å². The van der Waals surface area contributed by atoms with Crippen molar-refractivity contribution >= 4 is 33.4 Å². The van der Waals surface area contributed by atoms with E-state index in [9.17, 15) is 14.7 Å². The highest BCUT2D eigenvalue weighted by molar-refractivity contribution is 9.09. The van der Waals surface area contributed by atoms with Crippen LogP contribution >= 0.6 is 15.9 Å². The molecule has 0 saturated carbocycles. The van der Waals surface area contributed by atoms with Crippen molar-refractivity contribution in [3.63, 3.8) is 0 Å². The van der Waals surface area contributed by atoms with Crippen molar-refractivity contribution < 1.29 is 14.7 Å². The van der Waals surface area contributed by atoms with E-state index in [1.165, 1.54) is 18.2 Å². The van der Waals surface area contributed by atoms with Crippen LogP contribution in [-0.4, -0.2) is 28.8 Å². The lowest BCUT2D eigenvalue weighted by Crippen LogP contribution is -2.28. The van der Waals surface area contributed by atoms with Crippen molar-refractivity contribution in [2.45, 2.75) is 6.92 Å². The van der Waals surface area contributed by atoms with Gasteiger partial charge in [-0.15, -0.1) is 0 Å². The number of urea groups is 1. The normalized spacial score (nSPS) is 9.76. The SMILES string of the molecule is CCNC(=O)Nc1cc(C(=O)CBr)ccc1O. The lowest BCUT2D eigenvalue weighted by molar-refractivity contribution is 0.102. The average molecular weight is 301 g/mol. The Kier molecular flexibility index (Phi) is 4.96. The van der Waals surface area contributed by atoms with Gasteiger partial charge in [0.25, 0.3) is 0 Å². The molecule has 0 bridgehead atoms. The average Bonchev–Trinajstić information content (AvgIpc) is 2.31. The third-order valence-corrected chi connectivity index (χ3v) is 2.53. The fourth-order valence-corrected chi connectivity index (χ4v) is 1.54. The number of phenolic OH excluding ortho intramolecular Hbond substituents is 1. The predicted molar refractivity (Wildman–Crippen MR) is 68.9 cm³/mol. The monoisotopic (exact) mass is 300 g/mol. The zero-order chi connectivity index (χ0) is 12.8. The van der Waals surface area contributed by atoms with Crippen LogP contribution in [0.2, 0.25) is 0 Å². The fourth-order valence-electron chi connectivity index (χ4n) is 1.21. The van der Waals surface area contributed by atoms with E-state index in [-0.39, 0.29) is 22.6 Å². The zero-order valence-corrected chi connectivity index (χ0v) is 10.9. The Morgan fingerprint density at radius 2 is 2.12 bits per heavy atom. The Hall–Kier alpha value is -1.56. The van der Waals surface area contributed by atoms with Crippen LogP contribution in [0.15, 0.2) is 18.2 Å². The topological polar surface area (TPSA) is 78.4 Å². The first-order valence-electron chi connectivity index (χ1n) is 5.05. The Labute approximate surface area is 107 Å². The van der Waals surface area contributed by atoms with Crippen LogP contribution in [0.1, 0.15) is 17.3 Å². The third-order valence-electron chi connectivity index (χ3n) is 2.03. The van der Waals surface area contributed by atoms with Crippen molar-refractivity contribution in [3.8, 4) is 5.75 Å². The van der Waals surface area contributed by atoms with Gasteiger partial charge in [0.05, 0.1) is 11.0 Å². The third kappa shape index (κ3) is 3.74. The molecule has 0 aliphatic carbocycles. The number of phenols is 1. The minimum absolute atomic E-state index is 0.0811. The molecule has 17 heavy (non-hydrogen) atoms. The lowest BCUT2D eigenvalue weighted by atomic mass is 10.1. The van der Waals surface area contributed by atoms with Gasteiger partial charge in [-0.1, -0.05) is 15.9 Å². The van der Waals surface area contributed by atoms with Gasteiger partial charge in [-0.25, -0.2) is 4.79 Å².